The Balaban J connectivity index is 2.98. The van der Waals surface area contributed by atoms with Gasteiger partial charge >= 0.3 is 0 Å². The molecule has 0 aliphatic carbocycles. The second-order valence-corrected chi connectivity index (χ2v) is 6.69. The van der Waals surface area contributed by atoms with E-state index in [4.69, 9.17) is 11.6 Å². The molecular weight excluding hydrogens is 276 g/mol. The molecule has 0 aliphatic heterocycles. The highest BCUT2D eigenvalue weighted by Crippen LogP contribution is 2.27. The molecule has 0 unspecified atom stereocenters. The molecule has 0 fully saturated rings. The molecular formula is C11H17ClN2O3S. The second-order valence-electron chi connectivity index (χ2n) is 4.24. The predicted octanol–water partition coefficient (Wildman–Crippen LogP) is 1.23. The van der Waals surface area contributed by atoms with Crippen molar-refractivity contribution in [2.75, 3.05) is 34.2 Å². The van der Waals surface area contributed by atoms with Gasteiger partial charge in [-0.1, -0.05) is 11.6 Å². The molecule has 1 rings (SSSR count). The fourth-order valence-corrected chi connectivity index (χ4v) is 2.72. The Morgan fingerprint density at radius 3 is 2.33 bits per heavy atom. The maximum Gasteiger partial charge on any atom is 0.246 e. The first-order valence-corrected chi connectivity index (χ1v) is 7.16. The number of rotatable bonds is 5. The summed E-state index contributed by atoms with van der Waals surface area (Å²) in [5.41, 5.74) is 0. The predicted molar refractivity (Wildman–Crippen MR) is 71.5 cm³/mol. The number of phenolic OH excluding ortho intramolecular Hbond substituents is 1. The largest absolute Gasteiger partial charge is 0.506 e. The minimum absolute atomic E-state index is 0.131. The number of hydrogen-bond acceptors (Lipinski definition) is 4. The lowest BCUT2D eigenvalue weighted by Crippen LogP contribution is -2.33. The van der Waals surface area contributed by atoms with Crippen LogP contribution in [0.2, 0.25) is 5.02 Å². The number of halogens is 1. The van der Waals surface area contributed by atoms with Crippen molar-refractivity contribution in [3.63, 3.8) is 0 Å². The molecule has 1 aromatic rings. The smallest absolute Gasteiger partial charge is 0.246 e. The van der Waals surface area contributed by atoms with E-state index >= 15 is 0 Å². The van der Waals surface area contributed by atoms with Crippen molar-refractivity contribution >= 4 is 21.6 Å². The summed E-state index contributed by atoms with van der Waals surface area (Å²) in [5, 5.41) is 9.95. The number of hydrogen-bond donors (Lipinski definition) is 1. The summed E-state index contributed by atoms with van der Waals surface area (Å²) in [6, 6.07) is 3.96. The molecule has 0 atom stereocenters. The van der Waals surface area contributed by atoms with Gasteiger partial charge in [0.15, 0.2) is 0 Å². The van der Waals surface area contributed by atoms with Crippen molar-refractivity contribution < 1.29 is 13.5 Å². The summed E-state index contributed by atoms with van der Waals surface area (Å²) in [6.07, 6.45) is 0. The van der Waals surface area contributed by atoms with E-state index in [1.807, 2.05) is 19.0 Å². The Labute approximate surface area is 113 Å². The van der Waals surface area contributed by atoms with E-state index in [1.54, 1.807) is 0 Å². The molecule has 0 saturated heterocycles. The zero-order valence-corrected chi connectivity index (χ0v) is 12.2. The fourth-order valence-electron chi connectivity index (χ4n) is 1.34. The van der Waals surface area contributed by atoms with Crippen LogP contribution in [0.5, 0.6) is 5.75 Å². The zero-order chi connectivity index (χ0) is 13.9. The van der Waals surface area contributed by atoms with Crippen LogP contribution in [-0.4, -0.2) is 57.0 Å². The number of likely N-dealkylation sites (N-methyl/N-ethyl adjacent to an activating group) is 2. The first-order chi connectivity index (χ1) is 8.25. The average Bonchev–Trinajstić information content (AvgIpc) is 2.24. The van der Waals surface area contributed by atoms with Crippen LogP contribution in [-0.2, 0) is 10.0 Å². The van der Waals surface area contributed by atoms with Gasteiger partial charge in [-0.05, 0) is 32.3 Å². The van der Waals surface area contributed by atoms with E-state index < -0.39 is 10.0 Å². The van der Waals surface area contributed by atoms with Crippen molar-refractivity contribution in [3.05, 3.63) is 23.2 Å². The highest BCUT2D eigenvalue weighted by atomic mass is 35.5. The molecule has 0 saturated carbocycles. The van der Waals surface area contributed by atoms with Crippen LogP contribution in [0, 0.1) is 0 Å². The maximum absolute atomic E-state index is 12.2. The highest BCUT2D eigenvalue weighted by molar-refractivity contribution is 7.89. The quantitative estimate of drug-likeness (QED) is 0.887. The van der Waals surface area contributed by atoms with Crippen molar-refractivity contribution in [3.8, 4) is 5.75 Å². The van der Waals surface area contributed by atoms with E-state index in [0.29, 0.717) is 18.1 Å². The van der Waals surface area contributed by atoms with Crippen molar-refractivity contribution in [1.29, 1.82) is 0 Å². The van der Waals surface area contributed by atoms with Gasteiger partial charge in [0.1, 0.15) is 10.6 Å². The van der Waals surface area contributed by atoms with Gasteiger partial charge in [0.25, 0.3) is 0 Å². The topological polar surface area (TPSA) is 60.9 Å². The Kier molecular flexibility index (Phi) is 4.98. The lowest BCUT2D eigenvalue weighted by Gasteiger charge is -2.20. The summed E-state index contributed by atoms with van der Waals surface area (Å²) in [4.78, 5) is 1.75. The Morgan fingerprint density at radius 2 is 1.83 bits per heavy atom. The zero-order valence-electron chi connectivity index (χ0n) is 10.6. The lowest BCUT2D eigenvalue weighted by molar-refractivity contribution is 0.357. The third-order valence-corrected chi connectivity index (χ3v) is 4.61. The van der Waals surface area contributed by atoms with Gasteiger partial charge in [-0.3, -0.25) is 0 Å². The van der Waals surface area contributed by atoms with E-state index in [0.717, 1.165) is 0 Å². The minimum atomic E-state index is -3.68. The molecule has 0 amide bonds. The van der Waals surface area contributed by atoms with Crippen molar-refractivity contribution in [1.82, 2.24) is 9.21 Å². The Morgan fingerprint density at radius 1 is 1.22 bits per heavy atom. The number of nitrogens with zero attached hydrogens (tertiary/aromatic N) is 2. The van der Waals surface area contributed by atoms with Crippen molar-refractivity contribution in [2.24, 2.45) is 0 Å². The van der Waals surface area contributed by atoms with Crippen LogP contribution >= 0.6 is 11.6 Å². The number of aromatic hydroxyl groups is 1. The van der Waals surface area contributed by atoms with Gasteiger partial charge in [-0.25, -0.2) is 8.42 Å². The van der Waals surface area contributed by atoms with Gasteiger partial charge in [0.2, 0.25) is 10.0 Å². The minimum Gasteiger partial charge on any atom is -0.506 e. The van der Waals surface area contributed by atoms with E-state index in [2.05, 4.69) is 0 Å². The average molecular weight is 293 g/mol. The Bertz CT molecular complexity index is 517. The molecule has 0 aromatic heterocycles. The van der Waals surface area contributed by atoms with Gasteiger partial charge in [0, 0.05) is 25.2 Å². The number of sulfonamides is 1. The van der Waals surface area contributed by atoms with Gasteiger partial charge in [0.05, 0.1) is 0 Å². The van der Waals surface area contributed by atoms with Crippen LogP contribution in [0.3, 0.4) is 0 Å². The number of phenols is 1. The molecule has 1 N–H and O–H groups in total. The third kappa shape index (κ3) is 3.58. The Hall–Kier alpha value is -0.820. The van der Waals surface area contributed by atoms with Crippen LogP contribution in [0.15, 0.2) is 23.1 Å². The second kappa shape index (κ2) is 5.88. The van der Waals surface area contributed by atoms with Gasteiger partial charge in [-0.15, -0.1) is 0 Å². The molecule has 0 spiro atoms. The van der Waals surface area contributed by atoms with Crippen LogP contribution in [0.4, 0.5) is 0 Å². The SMILES string of the molecule is CN(C)CCN(C)S(=O)(=O)c1ccc(Cl)cc1O. The fraction of sp³-hybridized carbons (Fsp3) is 0.455. The van der Waals surface area contributed by atoms with E-state index in [1.165, 1.54) is 29.6 Å². The standard InChI is InChI=1S/C11H17ClN2O3S/c1-13(2)6-7-14(3)18(16,17)11-5-4-9(12)8-10(11)15/h4-5,8,15H,6-7H2,1-3H3. The summed E-state index contributed by atoms with van der Waals surface area (Å²) in [6.45, 7) is 0.946. The van der Waals surface area contributed by atoms with Gasteiger partial charge in [-0.2, -0.15) is 4.31 Å². The summed E-state index contributed by atoms with van der Waals surface area (Å²) >= 11 is 5.67. The van der Waals surface area contributed by atoms with Crippen molar-refractivity contribution in [2.45, 2.75) is 4.90 Å². The van der Waals surface area contributed by atoms with Crippen LogP contribution < -0.4 is 0 Å². The van der Waals surface area contributed by atoms with Crippen LogP contribution in [0.1, 0.15) is 0 Å². The summed E-state index contributed by atoms with van der Waals surface area (Å²) in [5.74, 6) is -0.334. The van der Waals surface area contributed by atoms with E-state index in [-0.39, 0.29) is 10.6 Å². The first-order valence-electron chi connectivity index (χ1n) is 5.34. The monoisotopic (exact) mass is 292 g/mol. The molecule has 0 heterocycles. The molecule has 18 heavy (non-hydrogen) atoms. The lowest BCUT2D eigenvalue weighted by atomic mass is 10.3. The summed E-state index contributed by atoms with van der Waals surface area (Å²) in [7, 11) is 1.52. The molecule has 0 radical (unpaired) electrons. The number of benzene rings is 1. The molecule has 5 nitrogen and oxygen atoms in total. The van der Waals surface area contributed by atoms with E-state index in [9.17, 15) is 13.5 Å². The molecule has 102 valence electrons. The normalized spacial score (nSPS) is 12.3. The highest BCUT2D eigenvalue weighted by Gasteiger charge is 2.24. The molecule has 7 heteroatoms. The molecule has 0 aliphatic rings. The summed E-state index contributed by atoms with van der Waals surface area (Å²) < 4.78 is 25.6. The van der Waals surface area contributed by atoms with Gasteiger partial charge < -0.3 is 10.0 Å². The third-order valence-electron chi connectivity index (χ3n) is 2.47. The molecule has 1 aromatic carbocycles. The van der Waals surface area contributed by atoms with Crippen LogP contribution in [0.25, 0.3) is 0 Å². The molecule has 0 bridgehead atoms. The maximum atomic E-state index is 12.2. The first kappa shape index (κ1) is 15.2.